The zero-order valence-electron chi connectivity index (χ0n) is 10.5. The molecule has 1 aromatic carbocycles. The molecule has 0 saturated heterocycles. The van der Waals surface area contributed by atoms with Crippen LogP contribution in [-0.2, 0) is 16.1 Å². The first kappa shape index (κ1) is 13.5. The molecule has 17 heavy (non-hydrogen) atoms. The summed E-state index contributed by atoms with van der Waals surface area (Å²) >= 11 is 0. The van der Waals surface area contributed by atoms with Gasteiger partial charge in [0.15, 0.2) is 0 Å². The van der Waals surface area contributed by atoms with Crippen molar-refractivity contribution < 1.29 is 14.3 Å². The summed E-state index contributed by atoms with van der Waals surface area (Å²) in [5.74, 6) is 0.447. The Morgan fingerprint density at radius 1 is 1.41 bits per heavy atom. The van der Waals surface area contributed by atoms with Gasteiger partial charge in [0.05, 0.1) is 7.11 Å². The van der Waals surface area contributed by atoms with Crippen molar-refractivity contribution in [3.8, 4) is 5.75 Å². The Morgan fingerprint density at radius 3 is 2.71 bits per heavy atom. The maximum Gasteiger partial charge on any atom is 0.323 e. The third kappa shape index (κ3) is 4.07. The lowest BCUT2D eigenvalue weighted by atomic mass is 10.1. The summed E-state index contributed by atoms with van der Waals surface area (Å²) < 4.78 is 10.2. The smallest absolute Gasteiger partial charge is 0.323 e. The Labute approximate surface area is 102 Å². The number of hydrogen-bond acceptors (Lipinski definition) is 4. The Morgan fingerprint density at radius 2 is 2.12 bits per heavy atom. The van der Waals surface area contributed by atoms with Crippen LogP contribution < -0.4 is 10.5 Å². The second-order valence-corrected chi connectivity index (χ2v) is 4.23. The predicted octanol–water partition coefficient (Wildman–Crippen LogP) is 1.72. The van der Waals surface area contributed by atoms with Gasteiger partial charge < -0.3 is 15.2 Å². The number of benzene rings is 1. The standard InChI is InChI=1S/C13H19NO3/c1-9(2)12(14)13(15)17-8-10-5-4-6-11(7-10)16-3/h4-7,9,12H,8,14H2,1-3H3/t12-/m0/s1. The number of esters is 1. The summed E-state index contributed by atoms with van der Waals surface area (Å²) in [6.07, 6.45) is 0. The van der Waals surface area contributed by atoms with Crippen LogP contribution in [0.15, 0.2) is 24.3 Å². The van der Waals surface area contributed by atoms with Crippen molar-refractivity contribution in [2.45, 2.75) is 26.5 Å². The molecule has 0 aliphatic rings. The highest BCUT2D eigenvalue weighted by atomic mass is 16.5. The highest BCUT2D eigenvalue weighted by molar-refractivity contribution is 5.75. The molecule has 0 saturated carbocycles. The molecule has 1 atom stereocenters. The van der Waals surface area contributed by atoms with Crippen LogP contribution in [0.4, 0.5) is 0 Å². The lowest BCUT2D eigenvalue weighted by Gasteiger charge is -2.14. The molecule has 4 nitrogen and oxygen atoms in total. The molecule has 0 unspecified atom stereocenters. The first-order chi connectivity index (χ1) is 8.04. The molecule has 0 aliphatic carbocycles. The van der Waals surface area contributed by atoms with Gasteiger partial charge >= 0.3 is 5.97 Å². The van der Waals surface area contributed by atoms with Gasteiger partial charge in [-0.3, -0.25) is 4.79 Å². The minimum absolute atomic E-state index is 0.0767. The van der Waals surface area contributed by atoms with E-state index in [4.69, 9.17) is 15.2 Å². The molecule has 0 heterocycles. The molecule has 0 bridgehead atoms. The number of hydrogen-bond donors (Lipinski definition) is 1. The normalized spacial score (nSPS) is 12.3. The third-order valence-corrected chi connectivity index (χ3v) is 2.51. The Bertz CT molecular complexity index is 377. The van der Waals surface area contributed by atoms with Gasteiger partial charge in [-0.15, -0.1) is 0 Å². The molecule has 2 N–H and O–H groups in total. The van der Waals surface area contributed by atoms with E-state index in [1.165, 1.54) is 0 Å². The van der Waals surface area contributed by atoms with E-state index in [9.17, 15) is 4.79 Å². The molecule has 94 valence electrons. The van der Waals surface area contributed by atoms with Gasteiger partial charge in [0.25, 0.3) is 0 Å². The predicted molar refractivity (Wildman–Crippen MR) is 65.6 cm³/mol. The van der Waals surface area contributed by atoms with Crippen LogP contribution >= 0.6 is 0 Å². The van der Waals surface area contributed by atoms with Crippen molar-refractivity contribution in [1.82, 2.24) is 0 Å². The highest BCUT2D eigenvalue weighted by Crippen LogP contribution is 2.13. The largest absolute Gasteiger partial charge is 0.497 e. The van der Waals surface area contributed by atoms with Gasteiger partial charge in [-0.2, -0.15) is 0 Å². The Kier molecular flexibility index (Phi) is 4.97. The monoisotopic (exact) mass is 237 g/mol. The van der Waals surface area contributed by atoms with E-state index in [0.717, 1.165) is 11.3 Å². The summed E-state index contributed by atoms with van der Waals surface area (Å²) in [6.45, 7) is 3.99. The quantitative estimate of drug-likeness (QED) is 0.792. The van der Waals surface area contributed by atoms with Crippen molar-refractivity contribution in [3.63, 3.8) is 0 Å². The van der Waals surface area contributed by atoms with E-state index >= 15 is 0 Å². The number of carbonyl (C=O) groups excluding carboxylic acids is 1. The summed E-state index contributed by atoms with van der Waals surface area (Å²) in [4.78, 5) is 11.5. The number of nitrogens with two attached hydrogens (primary N) is 1. The third-order valence-electron chi connectivity index (χ3n) is 2.51. The van der Waals surface area contributed by atoms with Gasteiger partial charge in [0.1, 0.15) is 18.4 Å². The average molecular weight is 237 g/mol. The molecule has 0 aliphatic heterocycles. The van der Waals surface area contributed by atoms with E-state index in [1.54, 1.807) is 7.11 Å². The van der Waals surface area contributed by atoms with E-state index in [1.807, 2.05) is 38.1 Å². The minimum Gasteiger partial charge on any atom is -0.497 e. The van der Waals surface area contributed by atoms with E-state index in [2.05, 4.69) is 0 Å². The van der Waals surface area contributed by atoms with Crippen LogP contribution in [0.1, 0.15) is 19.4 Å². The molecule has 4 heteroatoms. The molecule has 1 aromatic rings. The zero-order valence-corrected chi connectivity index (χ0v) is 10.5. The van der Waals surface area contributed by atoms with Gasteiger partial charge in [-0.25, -0.2) is 0 Å². The SMILES string of the molecule is COc1cccc(COC(=O)[C@@H](N)C(C)C)c1. The van der Waals surface area contributed by atoms with Crippen LogP contribution in [-0.4, -0.2) is 19.1 Å². The van der Waals surface area contributed by atoms with Gasteiger partial charge in [-0.1, -0.05) is 26.0 Å². The van der Waals surface area contributed by atoms with Crippen LogP contribution in [0.2, 0.25) is 0 Å². The van der Waals surface area contributed by atoms with Crippen molar-refractivity contribution in [2.24, 2.45) is 11.7 Å². The molecule has 0 aromatic heterocycles. The number of carbonyl (C=O) groups is 1. The van der Waals surface area contributed by atoms with E-state index in [-0.39, 0.29) is 18.5 Å². The average Bonchev–Trinajstić information content (AvgIpc) is 2.35. The maximum atomic E-state index is 11.5. The second kappa shape index (κ2) is 6.25. The van der Waals surface area contributed by atoms with Crippen molar-refractivity contribution in [2.75, 3.05) is 7.11 Å². The minimum atomic E-state index is -0.569. The van der Waals surface area contributed by atoms with Crippen LogP contribution in [0.3, 0.4) is 0 Å². The molecular weight excluding hydrogens is 218 g/mol. The van der Waals surface area contributed by atoms with Gasteiger partial charge in [-0.05, 0) is 23.6 Å². The summed E-state index contributed by atoms with van der Waals surface area (Å²) in [5, 5.41) is 0. The number of rotatable bonds is 5. The van der Waals surface area contributed by atoms with E-state index < -0.39 is 6.04 Å². The molecule has 0 amide bonds. The fourth-order valence-electron chi connectivity index (χ4n) is 1.29. The number of ether oxygens (including phenoxy) is 2. The van der Waals surface area contributed by atoms with Crippen LogP contribution in [0.25, 0.3) is 0 Å². The summed E-state index contributed by atoms with van der Waals surface area (Å²) in [5.41, 5.74) is 6.56. The molecule has 0 spiro atoms. The summed E-state index contributed by atoms with van der Waals surface area (Å²) in [7, 11) is 1.60. The van der Waals surface area contributed by atoms with Crippen molar-refractivity contribution >= 4 is 5.97 Å². The second-order valence-electron chi connectivity index (χ2n) is 4.23. The van der Waals surface area contributed by atoms with Crippen molar-refractivity contribution in [3.05, 3.63) is 29.8 Å². The first-order valence-electron chi connectivity index (χ1n) is 5.59. The number of methoxy groups -OCH3 is 1. The highest BCUT2D eigenvalue weighted by Gasteiger charge is 2.18. The van der Waals surface area contributed by atoms with Gasteiger partial charge in [0.2, 0.25) is 0 Å². The van der Waals surface area contributed by atoms with Crippen molar-refractivity contribution in [1.29, 1.82) is 0 Å². The van der Waals surface area contributed by atoms with E-state index in [0.29, 0.717) is 0 Å². The fraction of sp³-hybridized carbons (Fsp3) is 0.462. The first-order valence-corrected chi connectivity index (χ1v) is 5.59. The van der Waals surface area contributed by atoms with Crippen LogP contribution in [0, 0.1) is 5.92 Å². The molecule has 0 fully saturated rings. The molecular formula is C13H19NO3. The van der Waals surface area contributed by atoms with Gasteiger partial charge in [0, 0.05) is 0 Å². The Balaban J connectivity index is 2.52. The zero-order chi connectivity index (χ0) is 12.8. The molecule has 1 rings (SSSR count). The fourth-order valence-corrected chi connectivity index (χ4v) is 1.29. The maximum absolute atomic E-state index is 11.5. The Hall–Kier alpha value is -1.55. The summed E-state index contributed by atoms with van der Waals surface area (Å²) in [6, 6.07) is 6.82. The lowest BCUT2D eigenvalue weighted by molar-refractivity contribution is -0.147. The molecule has 0 radical (unpaired) electrons. The topological polar surface area (TPSA) is 61.5 Å². The van der Waals surface area contributed by atoms with Crippen LogP contribution in [0.5, 0.6) is 5.75 Å². The lowest BCUT2D eigenvalue weighted by Crippen LogP contribution is -2.36.